The molecule has 1 rings (SSSR count). The van der Waals surface area contributed by atoms with E-state index in [0.717, 1.165) is 44.9 Å². The van der Waals surface area contributed by atoms with Gasteiger partial charge in [-0.15, -0.1) is 0 Å². The molecule has 8 N–H and O–H groups in total. The fourth-order valence-corrected chi connectivity index (χ4v) is 10.1. The summed E-state index contributed by atoms with van der Waals surface area (Å²) in [5, 5.41) is 76.3. The number of aliphatic hydroxyl groups is 7. The van der Waals surface area contributed by atoms with Crippen molar-refractivity contribution < 1.29 is 50.0 Å². The summed E-state index contributed by atoms with van der Waals surface area (Å²) in [5.41, 5.74) is 0. The van der Waals surface area contributed by atoms with Crippen molar-refractivity contribution in [3.8, 4) is 0 Å². The van der Waals surface area contributed by atoms with Gasteiger partial charge in [-0.2, -0.15) is 0 Å². The monoisotopic (exact) mass is 1080 g/mol. The van der Waals surface area contributed by atoms with Crippen molar-refractivity contribution in [2.24, 2.45) is 0 Å². The van der Waals surface area contributed by atoms with E-state index in [4.69, 9.17) is 9.47 Å². The Morgan fingerprint density at radius 2 is 0.789 bits per heavy atom. The lowest BCUT2D eigenvalue weighted by Gasteiger charge is -2.40. The van der Waals surface area contributed by atoms with Crippen molar-refractivity contribution in [1.82, 2.24) is 5.32 Å². The molecule has 0 bridgehead atoms. The van der Waals surface area contributed by atoms with Crippen LogP contribution in [0.3, 0.4) is 0 Å². The molecule has 11 heteroatoms. The van der Waals surface area contributed by atoms with Crippen LogP contribution < -0.4 is 5.32 Å². The SMILES string of the molecule is CCCCCCCCCCC/C=C/CC/C=C/CC/C=C/CCCC(O)C(O)C(COC1OC(CO)C(O)C(O)C1O)NC(=O)C(O)CCCCCCCCCCCCC/C=C\CCCCCCCCCCCCCC. The molecule has 1 heterocycles. The molecule has 1 aliphatic heterocycles. The maximum Gasteiger partial charge on any atom is 0.249 e. The quantitative estimate of drug-likeness (QED) is 0.0215. The lowest BCUT2D eigenvalue weighted by molar-refractivity contribution is -0.303. The second kappa shape index (κ2) is 53.7. The Labute approximate surface area is 466 Å². The molecule has 1 fully saturated rings. The van der Waals surface area contributed by atoms with E-state index in [2.05, 4.69) is 67.8 Å². The molecule has 1 saturated heterocycles. The summed E-state index contributed by atoms with van der Waals surface area (Å²) in [7, 11) is 0. The van der Waals surface area contributed by atoms with Crippen molar-refractivity contribution in [1.29, 1.82) is 0 Å². The molecule has 0 spiro atoms. The number of carbonyl (C=O) groups is 1. The predicted molar refractivity (Wildman–Crippen MR) is 316 cm³/mol. The van der Waals surface area contributed by atoms with Gasteiger partial charge in [0.15, 0.2) is 6.29 Å². The molecule has 0 aromatic rings. The molecule has 0 aliphatic carbocycles. The van der Waals surface area contributed by atoms with Gasteiger partial charge in [-0.3, -0.25) is 4.79 Å². The molecule has 446 valence electrons. The van der Waals surface area contributed by atoms with E-state index in [9.17, 15) is 40.5 Å². The maximum absolute atomic E-state index is 13.2. The zero-order valence-electron chi connectivity index (χ0n) is 49.0. The van der Waals surface area contributed by atoms with Gasteiger partial charge in [0.25, 0.3) is 0 Å². The summed E-state index contributed by atoms with van der Waals surface area (Å²) in [6.45, 7) is 3.46. The first-order valence-electron chi connectivity index (χ1n) is 32.0. The standard InChI is InChI=1S/C65H121NO10/c1-3-5-7-9-11-13-15-17-19-21-23-25-27-28-29-30-31-33-35-37-39-41-43-45-47-49-51-53-58(69)64(74)66-56(55-75-65-63(73)62(72)61(71)59(54-67)76-65)60(70)57(68)52-50-48-46-44-42-40-38-36-34-32-26-24-22-20-18-16-14-12-10-8-6-4-2/h24,26,28-29,36,38,44,46,56-63,65,67-73H,3-23,25,27,30-35,37,39-43,45,47-55H2,1-2H3,(H,66,74)/b26-24+,29-28-,38-36+,46-44+. The van der Waals surface area contributed by atoms with E-state index in [-0.39, 0.29) is 12.8 Å². The van der Waals surface area contributed by atoms with E-state index in [1.54, 1.807) is 0 Å². The molecule has 9 atom stereocenters. The summed E-state index contributed by atoms with van der Waals surface area (Å²) in [6, 6.07) is -1.20. The highest BCUT2D eigenvalue weighted by molar-refractivity contribution is 5.80. The van der Waals surface area contributed by atoms with Crippen molar-refractivity contribution in [2.75, 3.05) is 13.2 Å². The number of carbonyl (C=O) groups excluding carboxylic acids is 1. The average molecular weight is 1080 g/mol. The third kappa shape index (κ3) is 41.1. The van der Waals surface area contributed by atoms with Crippen LogP contribution in [0.15, 0.2) is 48.6 Å². The fraction of sp³-hybridized carbons (Fsp3) is 0.862. The van der Waals surface area contributed by atoms with Gasteiger partial charge in [-0.05, 0) is 89.9 Å². The lowest BCUT2D eigenvalue weighted by atomic mass is 9.98. The maximum atomic E-state index is 13.2. The number of nitrogens with one attached hydrogen (secondary N) is 1. The van der Waals surface area contributed by atoms with Crippen LogP contribution in [0.25, 0.3) is 0 Å². The first kappa shape index (κ1) is 72.1. The Hall–Kier alpha value is -1.93. The molecular weight excluding hydrogens is 955 g/mol. The number of unbranched alkanes of at least 4 members (excludes halogenated alkanes) is 35. The first-order chi connectivity index (χ1) is 37.2. The predicted octanol–water partition coefficient (Wildman–Crippen LogP) is 14.4. The van der Waals surface area contributed by atoms with Gasteiger partial charge in [0.05, 0.1) is 25.4 Å². The highest BCUT2D eigenvalue weighted by Crippen LogP contribution is 2.23. The van der Waals surface area contributed by atoms with Gasteiger partial charge in [0.1, 0.15) is 36.6 Å². The van der Waals surface area contributed by atoms with Crippen LogP contribution in [-0.4, -0.2) is 110 Å². The molecule has 0 saturated carbocycles. The molecule has 76 heavy (non-hydrogen) atoms. The number of ether oxygens (including phenoxy) is 2. The Balaban J connectivity index is 2.29. The number of allylic oxidation sites excluding steroid dienone is 8. The minimum atomic E-state index is -1.67. The number of hydrogen-bond donors (Lipinski definition) is 8. The zero-order valence-corrected chi connectivity index (χ0v) is 49.0. The second-order valence-corrected chi connectivity index (χ2v) is 22.5. The van der Waals surface area contributed by atoms with Crippen LogP contribution in [0.5, 0.6) is 0 Å². The summed E-state index contributed by atoms with van der Waals surface area (Å²) in [5.74, 6) is -0.711. The molecule has 9 unspecified atom stereocenters. The molecule has 1 amide bonds. The van der Waals surface area contributed by atoms with Crippen LogP contribution >= 0.6 is 0 Å². The third-order valence-electron chi connectivity index (χ3n) is 15.3. The summed E-state index contributed by atoms with van der Waals surface area (Å²) in [4.78, 5) is 13.2. The number of aliphatic hydroxyl groups excluding tert-OH is 7. The van der Waals surface area contributed by atoms with Gasteiger partial charge in [0.2, 0.25) is 5.91 Å². The van der Waals surface area contributed by atoms with Gasteiger partial charge in [-0.1, -0.05) is 249 Å². The smallest absolute Gasteiger partial charge is 0.249 e. The van der Waals surface area contributed by atoms with E-state index >= 15 is 0 Å². The van der Waals surface area contributed by atoms with Crippen molar-refractivity contribution in [3.63, 3.8) is 0 Å². The van der Waals surface area contributed by atoms with E-state index in [1.165, 1.54) is 199 Å². The van der Waals surface area contributed by atoms with Gasteiger partial charge < -0.3 is 50.5 Å². The van der Waals surface area contributed by atoms with Gasteiger partial charge in [0, 0.05) is 0 Å². The van der Waals surface area contributed by atoms with Crippen molar-refractivity contribution in [3.05, 3.63) is 48.6 Å². The highest BCUT2D eigenvalue weighted by atomic mass is 16.7. The molecular formula is C65H121NO10. The molecule has 0 radical (unpaired) electrons. The minimum absolute atomic E-state index is 0.241. The van der Waals surface area contributed by atoms with Crippen LogP contribution in [0.4, 0.5) is 0 Å². The first-order valence-corrected chi connectivity index (χ1v) is 32.0. The second-order valence-electron chi connectivity index (χ2n) is 22.5. The fourth-order valence-electron chi connectivity index (χ4n) is 10.1. The number of amides is 1. The Morgan fingerprint density at radius 3 is 1.17 bits per heavy atom. The van der Waals surface area contributed by atoms with E-state index in [1.807, 2.05) is 0 Å². The zero-order chi connectivity index (χ0) is 55.4. The Bertz CT molecular complexity index is 1370. The summed E-state index contributed by atoms with van der Waals surface area (Å²) in [6.07, 6.45) is 57.5. The van der Waals surface area contributed by atoms with Crippen LogP contribution in [0.2, 0.25) is 0 Å². The molecule has 0 aromatic heterocycles. The van der Waals surface area contributed by atoms with Crippen LogP contribution in [-0.2, 0) is 14.3 Å². The van der Waals surface area contributed by atoms with Crippen molar-refractivity contribution in [2.45, 2.75) is 345 Å². The normalized spacial score (nSPS) is 19.9. The van der Waals surface area contributed by atoms with Crippen molar-refractivity contribution >= 4 is 5.91 Å². The number of hydrogen-bond acceptors (Lipinski definition) is 10. The highest BCUT2D eigenvalue weighted by Gasteiger charge is 2.44. The Kier molecular flexibility index (Phi) is 50.9. The number of rotatable bonds is 55. The van der Waals surface area contributed by atoms with E-state index in [0.29, 0.717) is 19.3 Å². The summed E-state index contributed by atoms with van der Waals surface area (Å²) >= 11 is 0. The Morgan fingerprint density at radius 1 is 0.447 bits per heavy atom. The average Bonchev–Trinajstić information content (AvgIpc) is 3.42. The minimum Gasteiger partial charge on any atom is -0.394 e. The topological polar surface area (TPSA) is 189 Å². The third-order valence-corrected chi connectivity index (χ3v) is 15.3. The van der Waals surface area contributed by atoms with Gasteiger partial charge >= 0.3 is 0 Å². The van der Waals surface area contributed by atoms with Crippen LogP contribution in [0, 0.1) is 0 Å². The molecule has 11 nitrogen and oxygen atoms in total. The van der Waals surface area contributed by atoms with E-state index < -0.39 is 74.2 Å². The lowest BCUT2D eigenvalue weighted by Crippen LogP contribution is -2.60. The van der Waals surface area contributed by atoms with Crippen LogP contribution in [0.1, 0.15) is 290 Å². The molecule has 0 aromatic carbocycles. The molecule has 1 aliphatic rings. The largest absolute Gasteiger partial charge is 0.394 e. The summed E-state index contributed by atoms with van der Waals surface area (Å²) < 4.78 is 11.1. The van der Waals surface area contributed by atoms with Gasteiger partial charge in [-0.25, -0.2) is 0 Å².